The zero-order valence-electron chi connectivity index (χ0n) is 11.1. The van der Waals surface area contributed by atoms with Gasteiger partial charge in [0.25, 0.3) is 5.91 Å². The molecule has 1 aromatic rings. The lowest BCUT2D eigenvalue weighted by atomic mass is 10.2. The Labute approximate surface area is 116 Å². The van der Waals surface area contributed by atoms with Gasteiger partial charge in [0.1, 0.15) is 17.6 Å². The van der Waals surface area contributed by atoms with Crippen LogP contribution in [-0.2, 0) is 9.59 Å². The number of carbonyl (C=O) groups is 2. The molecule has 1 aliphatic rings. The van der Waals surface area contributed by atoms with E-state index in [1.807, 2.05) is 0 Å². The molecular weight excluding hydrogens is 265 g/mol. The van der Waals surface area contributed by atoms with E-state index in [0.717, 1.165) is 0 Å². The number of carbonyl (C=O) groups excluding carboxylic acids is 1. The standard InChI is InChI=1S/C14H16FNO4/c1-9(20-11-5-2-4-10(15)8-11)13(17)16-7-3-6-12(16)14(18)19/h2,4-5,8-9,12H,3,6-7H2,1H3,(H,18,19). The van der Waals surface area contributed by atoms with Gasteiger partial charge in [-0.2, -0.15) is 0 Å². The molecule has 1 aliphatic heterocycles. The summed E-state index contributed by atoms with van der Waals surface area (Å²) in [5, 5.41) is 9.06. The van der Waals surface area contributed by atoms with Crippen molar-refractivity contribution >= 4 is 11.9 Å². The number of hydrogen-bond acceptors (Lipinski definition) is 3. The van der Waals surface area contributed by atoms with Crippen LogP contribution >= 0.6 is 0 Å². The maximum absolute atomic E-state index is 13.0. The fraction of sp³-hybridized carbons (Fsp3) is 0.429. The number of likely N-dealkylation sites (tertiary alicyclic amines) is 1. The third-order valence-corrected chi connectivity index (χ3v) is 3.28. The summed E-state index contributed by atoms with van der Waals surface area (Å²) >= 11 is 0. The molecule has 0 bridgehead atoms. The molecule has 0 aliphatic carbocycles. The molecule has 1 saturated heterocycles. The predicted molar refractivity (Wildman–Crippen MR) is 68.9 cm³/mol. The predicted octanol–water partition coefficient (Wildman–Crippen LogP) is 1.67. The maximum Gasteiger partial charge on any atom is 0.326 e. The molecule has 2 unspecified atom stereocenters. The minimum absolute atomic E-state index is 0.247. The average molecular weight is 281 g/mol. The van der Waals surface area contributed by atoms with Crippen molar-refractivity contribution in [3.63, 3.8) is 0 Å². The van der Waals surface area contributed by atoms with Crippen LogP contribution < -0.4 is 4.74 Å². The van der Waals surface area contributed by atoms with Gasteiger partial charge in [0.15, 0.2) is 6.10 Å². The maximum atomic E-state index is 13.0. The minimum atomic E-state index is -1.01. The highest BCUT2D eigenvalue weighted by Gasteiger charge is 2.36. The first-order valence-corrected chi connectivity index (χ1v) is 6.44. The molecule has 20 heavy (non-hydrogen) atoms. The molecule has 1 fully saturated rings. The van der Waals surface area contributed by atoms with Crippen molar-refractivity contribution in [1.29, 1.82) is 0 Å². The van der Waals surface area contributed by atoms with Crippen LogP contribution in [0.5, 0.6) is 5.75 Å². The van der Waals surface area contributed by atoms with E-state index >= 15 is 0 Å². The lowest BCUT2D eigenvalue weighted by Crippen LogP contribution is -2.46. The Kier molecular flexibility index (Phi) is 4.22. The van der Waals surface area contributed by atoms with E-state index in [1.165, 1.54) is 30.0 Å². The summed E-state index contributed by atoms with van der Waals surface area (Å²) in [6.07, 6.45) is 0.264. The molecule has 1 N–H and O–H groups in total. The normalized spacial score (nSPS) is 19.7. The van der Waals surface area contributed by atoms with Crippen molar-refractivity contribution in [3.8, 4) is 5.75 Å². The Morgan fingerprint density at radius 2 is 2.25 bits per heavy atom. The van der Waals surface area contributed by atoms with Crippen molar-refractivity contribution in [2.75, 3.05) is 6.54 Å². The Hall–Kier alpha value is -2.11. The van der Waals surface area contributed by atoms with Crippen LogP contribution in [0.1, 0.15) is 19.8 Å². The largest absolute Gasteiger partial charge is 0.481 e. The van der Waals surface area contributed by atoms with E-state index in [0.29, 0.717) is 19.4 Å². The molecule has 5 nitrogen and oxygen atoms in total. The summed E-state index contributed by atoms with van der Waals surface area (Å²) in [4.78, 5) is 24.6. The monoisotopic (exact) mass is 281 g/mol. The molecule has 0 saturated carbocycles. The van der Waals surface area contributed by atoms with Gasteiger partial charge in [-0.25, -0.2) is 9.18 Å². The van der Waals surface area contributed by atoms with Crippen LogP contribution in [0.2, 0.25) is 0 Å². The minimum Gasteiger partial charge on any atom is -0.481 e. The van der Waals surface area contributed by atoms with Gasteiger partial charge < -0.3 is 14.7 Å². The van der Waals surface area contributed by atoms with Gasteiger partial charge in [-0.05, 0) is 31.9 Å². The molecule has 6 heteroatoms. The summed E-state index contributed by atoms with van der Waals surface area (Å²) in [6, 6.07) is 4.70. The quantitative estimate of drug-likeness (QED) is 0.911. The molecule has 1 aromatic carbocycles. The first kappa shape index (κ1) is 14.3. The molecule has 2 atom stereocenters. The number of nitrogens with zero attached hydrogens (tertiary/aromatic N) is 1. The number of carboxylic acid groups (broad SMARTS) is 1. The van der Waals surface area contributed by atoms with Gasteiger partial charge in [-0.3, -0.25) is 4.79 Å². The van der Waals surface area contributed by atoms with Gasteiger partial charge in [-0.1, -0.05) is 6.07 Å². The number of halogens is 1. The Morgan fingerprint density at radius 3 is 2.90 bits per heavy atom. The highest BCUT2D eigenvalue weighted by atomic mass is 19.1. The summed E-state index contributed by atoms with van der Waals surface area (Å²) in [7, 11) is 0. The third kappa shape index (κ3) is 3.07. The molecular formula is C14H16FNO4. The fourth-order valence-electron chi connectivity index (χ4n) is 2.32. The number of carboxylic acids is 1. The second-order valence-electron chi connectivity index (χ2n) is 4.75. The lowest BCUT2D eigenvalue weighted by Gasteiger charge is -2.25. The summed E-state index contributed by atoms with van der Waals surface area (Å²) in [5.41, 5.74) is 0. The summed E-state index contributed by atoms with van der Waals surface area (Å²) in [6.45, 7) is 1.94. The number of amides is 1. The molecule has 0 radical (unpaired) electrons. The molecule has 108 valence electrons. The fourth-order valence-corrected chi connectivity index (χ4v) is 2.32. The first-order valence-electron chi connectivity index (χ1n) is 6.44. The Morgan fingerprint density at radius 1 is 1.50 bits per heavy atom. The van der Waals surface area contributed by atoms with Crippen LogP contribution in [0.15, 0.2) is 24.3 Å². The van der Waals surface area contributed by atoms with Gasteiger partial charge in [-0.15, -0.1) is 0 Å². The van der Waals surface area contributed by atoms with Crippen molar-refractivity contribution in [2.24, 2.45) is 0 Å². The molecule has 0 spiro atoms. The van der Waals surface area contributed by atoms with Gasteiger partial charge in [0, 0.05) is 12.6 Å². The highest BCUT2D eigenvalue weighted by molar-refractivity contribution is 5.86. The van der Waals surface area contributed by atoms with E-state index in [4.69, 9.17) is 9.84 Å². The third-order valence-electron chi connectivity index (χ3n) is 3.28. The van der Waals surface area contributed by atoms with E-state index < -0.39 is 23.9 Å². The van der Waals surface area contributed by atoms with Gasteiger partial charge in [0.05, 0.1) is 0 Å². The van der Waals surface area contributed by atoms with E-state index in [1.54, 1.807) is 6.07 Å². The summed E-state index contributed by atoms with van der Waals surface area (Å²) < 4.78 is 18.4. The van der Waals surface area contributed by atoms with E-state index in [-0.39, 0.29) is 11.7 Å². The van der Waals surface area contributed by atoms with Crippen molar-refractivity contribution in [1.82, 2.24) is 4.90 Å². The Balaban J connectivity index is 2.03. The number of aliphatic carboxylic acids is 1. The van der Waals surface area contributed by atoms with Crippen molar-refractivity contribution < 1.29 is 23.8 Å². The van der Waals surface area contributed by atoms with E-state index in [2.05, 4.69) is 0 Å². The first-order chi connectivity index (χ1) is 9.49. The van der Waals surface area contributed by atoms with Crippen LogP contribution in [0.3, 0.4) is 0 Å². The number of rotatable bonds is 4. The number of ether oxygens (including phenoxy) is 1. The number of benzene rings is 1. The molecule has 1 amide bonds. The second-order valence-corrected chi connectivity index (χ2v) is 4.75. The molecule has 0 aromatic heterocycles. The van der Waals surface area contributed by atoms with E-state index in [9.17, 15) is 14.0 Å². The lowest BCUT2D eigenvalue weighted by molar-refractivity contribution is -0.150. The SMILES string of the molecule is CC(Oc1cccc(F)c1)C(=O)N1CCCC1C(=O)O. The molecule has 2 rings (SSSR count). The van der Waals surface area contributed by atoms with Crippen LogP contribution in [0.25, 0.3) is 0 Å². The Bertz CT molecular complexity index is 520. The van der Waals surface area contributed by atoms with Crippen molar-refractivity contribution in [2.45, 2.75) is 31.9 Å². The van der Waals surface area contributed by atoms with Gasteiger partial charge in [0.2, 0.25) is 0 Å². The number of hydrogen-bond donors (Lipinski definition) is 1. The van der Waals surface area contributed by atoms with Crippen LogP contribution in [-0.4, -0.2) is 40.6 Å². The molecule has 1 heterocycles. The summed E-state index contributed by atoms with van der Waals surface area (Å²) in [5.74, 6) is -1.60. The zero-order chi connectivity index (χ0) is 14.7. The second kappa shape index (κ2) is 5.90. The van der Waals surface area contributed by atoms with Crippen LogP contribution in [0, 0.1) is 5.82 Å². The highest BCUT2D eigenvalue weighted by Crippen LogP contribution is 2.20. The smallest absolute Gasteiger partial charge is 0.326 e. The van der Waals surface area contributed by atoms with Crippen LogP contribution in [0.4, 0.5) is 4.39 Å². The average Bonchev–Trinajstić information content (AvgIpc) is 2.87. The van der Waals surface area contributed by atoms with Crippen molar-refractivity contribution in [3.05, 3.63) is 30.1 Å². The topological polar surface area (TPSA) is 66.8 Å². The van der Waals surface area contributed by atoms with Gasteiger partial charge >= 0.3 is 5.97 Å². The zero-order valence-corrected chi connectivity index (χ0v) is 11.1.